The van der Waals surface area contributed by atoms with Crippen molar-refractivity contribution in [3.05, 3.63) is 0 Å². The van der Waals surface area contributed by atoms with E-state index in [2.05, 4.69) is 0 Å². The van der Waals surface area contributed by atoms with Gasteiger partial charge in [0.05, 0.1) is 0 Å². The van der Waals surface area contributed by atoms with Gasteiger partial charge in [0.25, 0.3) is 0 Å². The van der Waals surface area contributed by atoms with E-state index in [0.29, 0.717) is 5.25 Å². The fourth-order valence-electron chi connectivity index (χ4n) is 0.413. The molecule has 1 unspecified atom stereocenters. The zero-order valence-corrected chi connectivity index (χ0v) is 9.27. The van der Waals surface area contributed by atoms with Crippen LogP contribution in [0.15, 0.2) is 0 Å². The van der Waals surface area contributed by atoms with Crippen LogP contribution in [0.4, 0.5) is 0 Å². The Bertz CT molecular complexity index is 100. The predicted octanol–water partition coefficient (Wildman–Crippen LogP) is 2.48. The number of hydrogen-bond donors (Lipinski definition) is 0. The van der Waals surface area contributed by atoms with Gasteiger partial charge < -0.3 is 0 Å². The van der Waals surface area contributed by atoms with E-state index in [1.807, 2.05) is 0 Å². The summed E-state index contributed by atoms with van der Waals surface area (Å²) in [5.74, 6) is -0.0995. The second-order valence-electron chi connectivity index (χ2n) is 1.93. The first-order chi connectivity index (χ1) is 3.95. The topological polar surface area (TPSA) is 17.1 Å². The van der Waals surface area contributed by atoms with Gasteiger partial charge in [0.1, 0.15) is 0 Å². The molecule has 0 aliphatic rings. The van der Waals surface area contributed by atoms with Crippen molar-refractivity contribution in [1.29, 1.82) is 0 Å². The summed E-state index contributed by atoms with van der Waals surface area (Å²) >= 11 is 0. The summed E-state index contributed by atoms with van der Waals surface area (Å²) in [6.45, 7) is 1.75. The van der Waals surface area contributed by atoms with Crippen LogP contribution >= 0.6 is 30.0 Å². The van der Waals surface area contributed by atoms with E-state index < -0.39 is 10.5 Å². The van der Waals surface area contributed by atoms with Gasteiger partial charge >= 0.3 is 69.7 Å². The van der Waals surface area contributed by atoms with E-state index >= 15 is 0 Å². The fraction of sp³-hybridized carbons (Fsp3) is 0.750. The third kappa shape index (κ3) is 6.97. The first-order valence-electron chi connectivity index (χ1n) is 2.48. The van der Waals surface area contributed by atoms with Crippen molar-refractivity contribution in [3.63, 3.8) is 0 Å². The van der Waals surface area contributed by atoms with Crippen LogP contribution in [0.25, 0.3) is 0 Å². The average Bonchev–Trinajstić information content (AvgIpc) is 1.62. The van der Waals surface area contributed by atoms with Crippen molar-refractivity contribution in [2.45, 2.75) is 12.2 Å². The van der Waals surface area contributed by atoms with E-state index in [0.717, 1.165) is 6.29 Å². The third-order valence-electron chi connectivity index (χ3n) is 0.786. The SMILES string of the molecule is CC(C=O)[CH2][Ge]([Cl])([Cl])[Cl]. The van der Waals surface area contributed by atoms with Gasteiger partial charge in [0.2, 0.25) is 0 Å². The summed E-state index contributed by atoms with van der Waals surface area (Å²) in [4.78, 5) is 10.0. The molecule has 0 spiro atoms. The summed E-state index contributed by atoms with van der Waals surface area (Å²) < 4.78 is 0. The van der Waals surface area contributed by atoms with Crippen molar-refractivity contribution < 1.29 is 4.79 Å². The first kappa shape index (κ1) is 10.1. The van der Waals surface area contributed by atoms with Crippen LogP contribution in [0.2, 0.25) is 5.25 Å². The van der Waals surface area contributed by atoms with Crippen LogP contribution in [-0.2, 0) is 4.79 Å². The summed E-state index contributed by atoms with van der Waals surface area (Å²) in [6.07, 6.45) is 0.813. The molecule has 5 heteroatoms. The average molecular weight is 250 g/mol. The van der Waals surface area contributed by atoms with Crippen molar-refractivity contribution in [2.75, 3.05) is 0 Å². The molecule has 0 N–H and O–H groups in total. The van der Waals surface area contributed by atoms with Crippen molar-refractivity contribution in [3.8, 4) is 0 Å². The molecule has 0 fully saturated rings. The Labute approximate surface area is 69.6 Å². The second-order valence-corrected chi connectivity index (χ2v) is 18.4. The van der Waals surface area contributed by atoms with Crippen LogP contribution in [-0.4, -0.2) is 16.8 Å². The predicted molar refractivity (Wildman–Crippen MR) is 43.3 cm³/mol. The van der Waals surface area contributed by atoms with Gasteiger partial charge in [-0.05, 0) is 0 Å². The molecule has 0 saturated carbocycles. The zero-order chi connectivity index (χ0) is 7.49. The van der Waals surface area contributed by atoms with E-state index in [4.69, 9.17) is 30.0 Å². The van der Waals surface area contributed by atoms with Gasteiger partial charge in [-0.1, -0.05) is 0 Å². The molecule has 1 atom stereocenters. The number of halogens is 3. The molecular weight excluding hydrogens is 243 g/mol. The molecule has 0 aromatic rings. The van der Waals surface area contributed by atoms with Gasteiger partial charge in [-0.25, -0.2) is 0 Å². The molecule has 0 rings (SSSR count). The van der Waals surface area contributed by atoms with Crippen LogP contribution < -0.4 is 0 Å². The second kappa shape index (κ2) is 4.06. The van der Waals surface area contributed by atoms with Gasteiger partial charge in [-0.15, -0.1) is 0 Å². The van der Waals surface area contributed by atoms with Crippen molar-refractivity contribution >= 4 is 46.8 Å². The fourth-order valence-corrected chi connectivity index (χ4v) is 5.94. The van der Waals surface area contributed by atoms with E-state index in [9.17, 15) is 4.79 Å². The molecular formula is C4H7Cl3GeO. The molecule has 0 bridgehead atoms. The summed E-state index contributed by atoms with van der Waals surface area (Å²) in [7, 11) is 13.7. The Morgan fingerprint density at radius 1 is 1.56 bits per heavy atom. The normalized spacial score (nSPS) is 15.1. The maximum atomic E-state index is 10.0. The van der Waals surface area contributed by atoms with Crippen LogP contribution in [0, 0.1) is 5.92 Å². The van der Waals surface area contributed by atoms with Crippen LogP contribution in [0.1, 0.15) is 6.92 Å². The number of aldehydes is 1. The minimum absolute atomic E-state index is 0.0995. The van der Waals surface area contributed by atoms with E-state index in [-0.39, 0.29) is 5.92 Å². The maximum absolute atomic E-state index is 10.0. The molecule has 0 aliphatic heterocycles. The number of carbonyl (C=O) groups is 1. The Morgan fingerprint density at radius 3 is 2.11 bits per heavy atom. The Hall–Kier alpha value is 1.08. The summed E-state index contributed by atoms with van der Waals surface area (Å²) in [5.41, 5.74) is 0. The third-order valence-corrected chi connectivity index (χ3v) is 5.51. The molecule has 0 saturated heterocycles. The first-order valence-corrected chi connectivity index (χ1v) is 12.2. The van der Waals surface area contributed by atoms with E-state index in [1.165, 1.54) is 0 Å². The van der Waals surface area contributed by atoms with Crippen LogP contribution in [0.5, 0.6) is 0 Å². The van der Waals surface area contributed by atoms with Crippen molar-refractivity contribution in [2.24, 2.45) is 5.92 Å². The number of hydrogen-bond acceptors (Lipinski definition) is 1. The molecule has 0 aromatic carbocycles. The van der Waals surface area contributed by atoms with E-state index in [1.54, 1.807) is 6.92 Å². The van der Waals surface area contributed by atoms with Crippen LogP contribution in [0.3, 0.4) is 0 Å². The standard InChI is InChI=1S/C4H7Cl3GeO/c1-4(3-9)2-8(5,6)7/h3-4H,2H2,1H3. The van der Waals surface area contributed by atoms with Gasteiger partial charge in [-0.3, -0.25) is 0 Å². The molecule has 1 nitrogen and oxygen atoms in total. The number of rotatable bonds is 3. The Kier molecular flexibility index (Phi) is 4.55. The summed E-state index contributed by atoms with van der Waals surface area (Å²) in [5, 5.41) is 0.466. The van der Waals surface area contributed by atoms with Crippen molar-refractivity contribution in [1.82, 2.24) is 0 Å². The minimum atomic E-state index is -3.00. The molecule has 0 aromatic heterocycles. The molecule has 9 heavy (non-hydrogen) atoms. The molecule has 54 valence electrons. The quantitative estimate of drug-likeness (QED) is 0.555. The van der Waals surface area contributed by atoms with Gasteiger partial charge in [0, 0.05) is 0 Å². The number of carbonyl (C=O) groups excluding carboxylic acids is 1. The molecule has 0 heterocycles. The monoisotopic (exact) mass is 250 g/mol. The molecule has 0 amide bonds. The summed E-state index contributed by atoms with van der Waals surface area (Å²) in [6, 6.07) is 0. The van der Waals surface area contributed by atoms with Gasteiger partial charge in [0.15, 0.2) is 0 Å². The Morgan fingerprint density at radius 2 is 2.00 bits per heavy atom. The molecule has 0 radical (unpaired) electrons. The zero-order valence-electron chi connectivity index (χ0n) is 4.90. The Balaban J connectivity index is 3.59. The van der Waals surface area contributed by atoms with Gasteiger partial charge in [-0.2, -0.15) is 0 Å². The molecule has 0 aliphatic carbocycles.